The highest BCUT2D eigenvalue weighted by Gasteiger charge is 2.31. The monoisotopic (exact) mass is 503 g/mol. The third-order valence-electron chi connectivity index (χ3n) is 5.53. The molecule has 36 heavy (non-hydrogen) atoms. The van der Waals surface area contributed by atoms with Gasteiger partial charge in [-0.2, -0.15) is 0 Å². The van der Waals surface area contributed by atoms with Crippen molar-refractivity contribution in [3.8, 4) is 0 Å². The second-order valence-electron chi connectivity index (χ2n) is 9.09. The topological polar surface area (TPSA) is 204 Å². The Morgan fingerprint density at radius 3 is 2.14 bits per heavy atom. The minimum Gasteiger partial charge on any atom is -0.481 e. The summed E-state index contributed by atoms with van der Waals surface area (Å²) in [6.07, 6.45) is 1.30. The second-order valence-corrected chi connectivity index (χ2v) is 9.09. The predicted molar refractivity (Wildman–Crippen MR) is 131 cm³/mol. The van der Waals surface area contributed by atoms with Crippen LogP contribution in [-0.4, -0.2) is 69.0 Å². The Bertz CT molecular complexity index is 1110. The summed E-state index contributed by atoms with van der Waals surface area (Å²) in [5.41, 5.74) is 7.71. The number of carbonyl (C=O) groups excluding carboxylic acids is 3. The summed E-state index contributed by atoms with van der Waals surface area (Å²) in [5, 5.41) is 26.3. The fraction of sp³-hybridized carbons (Fsp3) is 0.458. The molecule has 2 rings (SSSR count). The molecule has 3 amide bonds. The number of carbonyl (C=O) groups is 5. The van der Waals surface area contributed by atoms with Crippen LogP contribution in [0.4, 0.5) is 0 Å². The average molecular weight is 504 g/mol. The molecule has 2 aromatic rings. The Hall–Kier alpha value is -3.93. The summed E-state index contributed by atoms with van der Waals surface area (Å²) < 4.78 is 0. The number of nitrogens with one attached hydrogen (secondary N) is 4. The van der Waals surface area contributed by atoms with Crippen molar-refractivity contribution in [3.63, 3.8) is 0 Å². The van der Waals surface area contributed by atoms with Crippen molar-refractivity contribution in [3.05, 3.63) is 36.0 Å². The second kappa shape index (κ2) is 12.7. The molecule has 0 fully saturated rings. The third-order valence-corrected chi connectivity index (χ3v) is 5.53. The van der Waals surface area contributed by atoms with E-state index in [0.717, 1.165) is 16.5 Å². The van der Waals surface area contributed by atoms with Crippen molar-refractivity contribution < 1.29 is 34.2 Å². The smallest absolute Gasteiger partial charge is 0.325 e. The van der Waals surface area contributed by atoms with E-state index >= 15 is 0 Å². The SMILES string of the molecule is CC(C)CC(NC(=O)C(CC(=O)O)NC(=O)C(N)Cc1c[nH]c2ccccc12)C(=O)NC(C)C(=O)O. The molecule has 0 bridgehead atoms. The Balaban J connectivity index is 2.11. The molecule has 12 nitrogen and oxygen atoms in total. The lowest BCUT2D eigenvalue weighted by Gasteiger charge is -2.25. The normalized spacial score (nSPS) is 14.5. The van der Waals surface area contributed by atoms with E-state index in [1.807, 2.05) is 24.3 Å². The van der Waals surface area contributed by atoms with E-state index in [9.17, 15) is 29.1 Å². The number of carboxylic acids is 2. The molecule has 196 valence electrons. The lowest BCUT2D eigenvalue weighted by molar-refractivity contribution is -0.143. The van der Waals surface area contributed by atoms with Gasteiger partial charge < -0.3 is 36.9 Å². The first-order chi connectivity index (χ1) is 16.9. The van der Waals surface area contributed by atoms with Crippen molar-refractivity contribution in [2.24, 2.45) is 11.7 Å². The lowest BCUT2D eigenvalue weighted by atomic mass is 10.0. The molecule has 1 aromatic heterocycles. The molecule has 0 spiro atoms. The van der Waals surface area contributed by atoms with Crippen molar-refractivity contribution in [1.82, 2.24) is 20.9 Å². The van der Waals surface area contributed by atoms with Crippen LogP contribution in [0, 0.1) is 5.92 Å². The Morgan fingerprint density at radius 1 is 0.917 bits per heavy atom. The number of aromatic nitrogens is 1. The van der Waals surface area contributed by atoms with Crippen LogP contribution < -0.4 is 21.7 Å². The highest BCUT2D eigenvalue weighted by molar-refractivity contribution is 5.96. The standard InChI is InChI=1S/C24H33N5O7/c1-12(2)8-18(22(33)27-13(3)24(35)36)29-23(34)19(10-20(30)31)28-21(32)16(25)9-14-11-26-17-7-5-4-6-15(14)17/h4-7,11-13,16,18-19,26H,8-10,25H2,1-3H3,(H,27,33)(H,28,32)(H,29,34)(H,30,31)(H,35,36). The average Bonchev–Trinajstić information content (AvgIpc) is 3.20. The molecule has 0 aliphatic carbocycles. The molecule has 0 aliphatic heterocycles. The third kappa shape index (κ3) is 8.08. The molecule has 1 heterocycles. The maximum atomic E-state index is 12.9. The van der Waals surface area contributed by atoms with Gasteiger partial charge in [0.1, 0.15) is 18.1 Å². The highest BCUT2D eigenvalue weighted by Crippen LogP contribution is 2.18. The van der Waals surface area contributed by atoms with Crippen LogP contribution in [0.25, 0.3) is 10.9 Å². The number of amides is 3. The zero-order valence-corrected chi connectivity index (χ0v) is 20.4. The molecule has 0 radical (unpaired) electrons. The zero-order valence-electron chi connectivity index (χ0n) is 20.4. The first-order valence-corrected chi connectivity index (χ1v) is 11.5. The number of aromatic amines is 1. The van der Waals surface area contributed by atoms with E-state index in [1.54, 1.807) is 20.0 Å². The minimum atomic E-state index is -1.50. The van der Waals surface area contributed by atoms with Gasteiger partial charge in [-0.1, -0.05) is 32.0 Å². The van der Waals surface area contributed by atoms with Gasteiger partial charge in [-0.05, 0) is 37.3 Å². The fourth-order valence-electron chi connectivity index (χ4n) is 3.64. The molecule has 8 N–H and O–H groups in total. The largest absolute Gasteiger partial charge is 0.481 e. The van der Waals surface area contributed by atoms with Gasteiger partial charge in [-0.25, -0.2) is 0 Å². The van der Waals surface area contributed by atoms with Crippen molar-refractivity contribution in [1.29, 1.82) is 0 Å². The molecule has 12 heteroatoms. The van der Waals surface area contributed by atoms with Crippen LogP contribution in [-0.2, 0) is 30.4 Å². The Morgan fingerprint density at radius 2 is 1.53 bits per heavy atom. The first-order valence-electron chi connectivity index (χ1n) is 11.5. The zero-order chi connectivity index (χ0) is 27.0. The first kappa shape index (κ1) is 28.3. The number of nitrogens with two attached hydrogens (primary N) is 1. The molecule has 4 atom stereocenters. The van der Waals surface area contributed by atoms with Crippen molar-refractivity contribution in [2.75, 3.05) is 0 Å². The van der Waals surface area contributed by atoms with Gasteiger partial charge in [0, 0.05) is 17.1 Å². The van der Waals surface area contributed by atoms with Gasteiger partial charge in [-0.3, -0.25) is 24.0 Å². The summed E-state index contributed by atoms with van der Waals surface area (Å²) in [7, 11) is 0. The van der Waals surface area contributed by atoms with Gasteiger partial charge in [0.05, 0.1) is 12.5 Å². The summed E-state index contributed by atoms with van der Waals surface area (Å²) in [6, 6.07) is 2.56. The van der Waals surface area contributed by atoms with Crippen LogP contribution in [0.5, 0.6) is 0 Å². The molecular formula is C24H33N5O7. The van der Waals surface area contributed by atoms with E-state index in [2.05, 4.69) is 20.9 Å². The number of hydrogen-bond acceptors (Lipinski definition) is 6. The molecule has 4 unspecified atom stereocenters. The molecule has 0 aliphatic rings. The number of carboxylic acid groups (broad SMARTS) is 2. The van der Waals surface area contributed by atoms with Crippen LogP contribution in [0.2, 0.25) is 0 Å². The summed E-state index contributed by atoms with van der Waals surface area (Å²) >= 11 is 0. The lowest BCUT2D eigenvalue weighted by Crippen LogP contribution is -2.57. The fourth-order valence-corrected chi connectivity index (χ4v) is 3.64. The number of hydrogen-bond donors (Lipinski definition) is 7. The van der Waals surface area contributed by atoms with Gasteiger partial charge in [0.15, 0.2) is 0 Å². The van der Waals surface area contributed by atoms with E-state index < -0.39 is 60.2 Å². The van der Waals surface area contributed by atoms with E-state index in [-0.39, 0.29) is 18.8 Å². The summed E-state index contributed by atoms with van der Waals surface area (Å²) in [5.74, 6) is -5.01. The number of H-pyrrole nitrogens is 1. The van der Waals surface area contributed by atoms with Gasteiger partial charge in [0.2, 0.25) is 17.7 Å². The number of fused-ring (bicyclic) bond motifs is 1. The van der Waals surface area contributed by atoms with Gasteiger partial charge >= 0.3 is 11.9 Å². The number of benzene rings is 1. The quantitative estimate of drug-likeness (QED) is 0.199. The van der Waals surface area contributed by atoms with E-state index in [0.29, 0.717) is 0 Å². The van der Waals surface area contributed by atoms with E-state index in [4.69, 9.17) is 10.8 Å². The number of para-hydroxylation sites is 1. The maximum Gasteiger partial charge on any atom is 0.325 e. The molecule has 1 aromatic carbocycles. The Kier molecular flexibility index (Phi) is 9.97. The van der Waals surface area contributed by atoms with Crippen LogP contribution in [0.3, 0.4) is 0 Å². The molecule has 0 saturated carbocycles. The summed E-state index contributed by atoms with van der Waals surface area (Å²) in [6.45, 7) is 4.87. The Labute approximate surface area is 208 Å². The predicted octanol–water partition coefficient (Wildman–Crippen LogP) is 0.117. The number of aliphatic carboxylic acids is 2. The maximum absolute atomic E-state index is 12.9. The summed E-state index contributed by atoms with van der Waals surface area (Å²) in [4.78, 5) is 63.8. The molecular weight excluding hydrogens is 470 g/mol. The minimum absolute atomic E-state index is 0.0571. The van der Waals surface area contributed by atoms with Crippen LogP contribution in [0.15, 0.2) is 30.5 Å². The van der Waals surface area contributed by atoms with Gasteiger partial charge in [0.25, 0.3) is 0 Å². The van der Waals surface area contributed by atoms with Gasteiger partial charge in [-0.15, -0.1) is 0 Å². The van der Waals surface area contributed by atoms with Crippen molar-refractivity contribution >= 4 is 40.6 Å². The molecule has 0 saturated heterocycles. The van der Waals surface area contributed by atoms with Crippen LogP contribution >= 0.6 is 0 Å². The van der Waals surface area contributed by atoms with E-state index in [1.165, 1.54) is 6.92 Å². The number of rotatable bonds is 13. The van der Waals surface area contributed by atoms with Crippen LogP contribution in [0.1, 0.15) is 39.2 Å². The highest BCUT2D eigenvalue weighted by atomic mass is 16.4. The van der Waals surface area contributed by atoms with Crippen molar-refractivity contribution in [2.45, 2.75) is 64.2 Å².